The minimum Gasteiger partial charge on any atom is -0.493 e. The summed E-state index contributed by atoms with van der Waals surface area (Å²) in [6, 6.07) is 4.57. The van der Waals surface area contributed by atoms with Gasteiger partial charge in [0.2, 0.25) is 5.89 Å². The molecule has 0 saturated carbocycles. The molecular formula is C16H21N3O5. The molecule has 1 heterocycles. The number of carbonyl (C=O) groups excluding carboxylic acids is 1. The van der Waals surface area contributed by atoms with E-state index in [1.165, 1.54) is 13.2 Å². The van der Waals surface area contributed by atoms with E-state index in [-0.39, 0.29) is 18.1 Å². The lowest BCUT2D eigenvalue weighted by atomic mass is 10.2. The highest BCUT2D eigenvalue weighted by Crippen LogP contribution is 2.27. The summed E-state index contributed by atoms with van der Waals surface area (Å²) in [5.74, 6) is 0.899. The summed E-state index contributed by atoms with van der Waals surface area (Å²) in [6.07, 6.45) is 0.382. The second kappa shape index (κ2) is 7.80. The van der Waals surface area contributed by atoms with Crippen molar-refractivity contribution in [3.05, 3.63) is 41.6 Å². The first-order valence-corrected chi connectivity index (χ1v) is 7.34. The van der Waals surface area contributed by atoms with Gasteiger partial charge in [-0.3, -0.25) is 4.79 Å². The SMILES string of the molecule is COc1ccc(CNC(=O)c2coc(C(N)C(C)O)n2)cc1OC. The van der Waals surface area contributed by atoms with Gasteiger partial charge in [0.1, 0.15) is 12.3 Å². The van der Waals surface area contributed by atoms with Gasteiger partial charge < -0.3 is 30.0 Å². The molecule has 0 bridgehead atoms. The smallest absolute Gasteiger partial charge is 0.273 e. The van der Waals surface area contributed by atoms with Crippen molar-refractivity contribution in [1.29, 1.82) is 0 Å². The molecule has 8 heteroatoms. The van der Waals surface area contributed by atoms with Crippen molar-refractivity contribution in [1.82, 2.24) is 10.3 Å². The Kier molecular flexibility index (Phi) is 5.78. The summed E-state index contributed by atoms with van der Waals surface area (Å²) < 4.78 is 15.5. The molecule has 0 radical (unpaired) electrons. The second-order valence-electron chi connectivity index (χ2n) is 5.21. The highest BCUT2D eigenvalue weighted by atomic mass is 16.5. The van der Waals surface area contributed by atoms with Gasteiger partial charge in [0, 0.05) is 6.54 Å². The molecule has 1 aromatic heterocycles. The predicted octanol–water partition coefficient (Wildman–Crippen LogP) is 1.00. The van der Waals surface area contributed by atoms with Crippen molar-refractivity contribution in [3.63, 3.8) is 0 Å². The molecule has 24 heavy (non-hydrogen) atoms. The van der Waals surface area contributed by atoms with Crippen LogP contribution < -0.4 is 20.5 Å². The number of ether oxygens (including phenoxy) is 2. The van der Waals surface area contributed by atoms with E-state index in [1.54, 1.807) is 26.4 Å². The average Bonchev–Trinajstić information content (AvgIpc) is 3.08. The van der Waals surface area contributed by atoms with Gasteiger partial charge in [-0.15, -0.1) is 0 Å². The van der Waals surface area contributed by atoms with Crippen molar-refractivity contribution in [2.24, 2.45) is 5.73 Å². The van der Waals surface area contributed by atoms with Gasteiger partial charge in [-0.25, -0.2) is 4.98 Å². The molecule has 0 fully saturated rings. The largest absolute Gasteiger partial charge is 0.493 e. The van der Waals surface area contributed by atoms with E-state index in [0.717, 1.165) is 5.56 Å². The Balaban J connectivity index is 2.01. The summed E-state index contributed by atoms with van der Waals surface area (Å²) in [6.45, 7) is 1.80. The van der Waals surface area contributed by atoms with Crippen molar-refractivity contribution >= 4 is 5.91 Å². The number of benzene rings is 1. The molecule has 4 N–H and O–H groups in total. The zero-order valence-electron chi connectivity index (χ0n) is 13.8. The number of aromatic nitrogens is 1. The fourth-order valence-electron chi connectivity index (χ4n) is 2.01. The minimum atomic E-state index is -0.827. The maximum Gasteiger partial charge on any atom is 0.273 e. The van der Waals surface area contributed by atoms with Crippen LogP contribution in [0, 0.1) is 0 Å². The second-order valence-corrected chi connectivity index (χ2v) is 5.21. The molecule has 1 aromatic carbocycles. The number of methoxy groups -OCH3 is 2. The predicted molar refractivity (Wildman–Crippen MR) is 85.8 cm³/mol. The average molecular weight is 335 g/mol. The molecule has 8 nitrogen and oxygen atoms in total. The third kappa shape index (κ3) is 4.03. The molecule has 0 saturated heterocycles. The van der Waals surface area contributed by atoms with Gasteiger partial charge in [-0.05, 0) is 24.6 Å². The summed E-state index contributed by atoms with van der Waals surface area (Å²) in [5, 5.41) is 12.1. The highest BCUT2D eigenvalue weighted by molar-refractivity contribution is 5.91. The fraction of sp³-hybridized carbons (Fsp3) is 0.375. The van der Waals surface area contributed by atoms with Crippen LogP contribution in [0.25, 0.3) is 0 Å². The normalized spacial score (nSPS) is 13.2. The van der Waals surface area contributed by atoms with Gasteiger partial charge in [0.15, 0.2) is 17.2 Å². The van der Waals surface area contributed by atoms with Crippen LogP contribution in [0.5, 0.6) is 11.5 Å². The quantitative estimate of drug-likeness (QED) is 0.690. The number of hydrogen-bond acceptors (Lipinski definition) is 7. The van der Waals surface area contributed by atoms with E-state index in [1.807, 2.05) is 6.07 Å². The van der Waals surface area contributed by atoms with Crippen molar-refractivity contribution in [3.8, 4) is 11.5 Å². The van der Waals surface area contributed by atoms with Gasteiger partial charge >= 0.3 is 0 Å². The Hall–Kier alpha value is -2.58. The van der Waals surface area contributed by atoms with Gasteiger partial charge in [-0.2, -0.15) is 0 Å². The minimum absolute atomic E-state index is 0.0987. The number of aliphatic hydroxyl groups excluding tert-OH is 1. The van der Waals surface area contributed by atoms with E-state index in [2.05, 4.69) is 10.3 Å². The molecule has 0 aliphatic carbocycles. The molecule has 0 aliphatic rings. The number of nitrogens with one attached hydrogen (secondary N) is 1. The van der Waals surface area contributed by atoms with E-state index < -0.39 is 18.1 Å². The molecule has 2 unspecified atom stereocenters. The Morgan fingerprint density at radius 2 is 2.08 bits per heavy atom. The monoisotopic (exact) mass is 335 g/mol. The Bertz CT molecular complexity index is 699. The first-order valence-electron chi connectivity index (χ1n) is 7.34. The number of aliphatic hydroxyl groups is 1. The van der Waals surface area contributed by atoms with Crippen LogP contribution >= 0.6 is 0 Å². The van der Waals surface area contributed by atoms with E-state index >= 15 is 0 Å². The van der Waals surface area contributed by atoms with E-state index in [0.29, 0.717) is 11.5 Å². The van der Waals surface area contributed by atoms with E-state index in [9.17, 15) is 9.90 Å². The number of amides is 1. The molecule has 130 valence electrons. The van der Waals surface area contributed by atoms with Gasteiger partial charge in [0.05, 0.1) is 20.3 Å². The molecule has 0 aliphatic heterocycles. The lowest BCUT2D eigenvalue weighted by molar-refractivity contribution is 0.0945. The first kappa shape index (κ1) is 17.8. The molecule has 1 amide bonds. The molecule has 2 rings (SSSR count). The van der Waals surface area contributed by atoms with Crippen LogP contribution in [0.4, 0.5) is 0 Å². The Morgan fingerprint density at radius 3 is 2.71 bits per heavy atom. The van der Waals surface area contributed by atoms with Crippen LogP contribution in [0.2, 0.25) is 0 Å². The third-order valence-electron chi connectivity index (χ3n) is 3.46. The Morgan fingerprint density at radius 1 is 1.38 bits per heavy atom. The zero-order valence-corrected chi connectivity index (χ0v) is 13.8. The number of rotatable bonds is 7. The maximum absolute atomic E-state index is 12.1. The van der Waals surface area contributed by atoms with Crippen LogP contribution in [0.3, 0.4) is 0 Å². The first-order chi connectivity index (χ1) is 11.5. The summed E-state index contributed by atoms with van der Waals surface area (Å²) in [4.78, 5) is 16.1. The number of oxazole rings is 1. The third-order valence-corrected chi connectivity index (χ3v) is 3.46. The van der Waals surface area contributed by atoms with Crippen molar-refractivity contribution < 1.29 is 23.8 Å². The van der Waals surface area contributed by atoms with Gasteiger partial charge in [0.25, 0.3) is 5.91 Å². The van der Waals surface area contributed by atoms with Crippen LogP contribution in [0.1, 0.15) is 34.9 Å². The number of hydrogen-bond donors (Lipinski definition) is 3. The fourth-order valence-corrected chi connectivity index (χ4v) is 2.01. The topological polar surface area (TPSA) is 120 Å². The standard InChI is InChI=1S/C16H21N3O5/c1-9(20)14(17)16-19-11(8-24-16)15(21)18-7-10-4-5-12(22-2)13(6-10)23-3/h4-6,8-9,14,20H,7,17H2,1-3H3,(H,18,21). The summed E-state index contributed by atoms with van der Waals surface area (Å²) >= 11 is 0. The van der Waals surface area contributed by atoms with Crippen molar-refractivity contribution in [2.45, 2.75) is 25.6 Å². The van der Waals surface area contributed by atoms with Gasteiger partial charge in [-0.1, -0.05) is 6.07 Å². The highest BCUT2D eigenvalue weighted by Gasteiger charge is 2.20. The summed E-state index contributed by atoms with van der Waals surface area (Å²) in [5.41, 5.74) is 6.65. The van der Waals surface area contributed by atoms with Crippen molar-refractivity contribution in [2.75, 3.05) is 14.2 Å². The lowest BCUT2D eigenvalue weighted by Gasteiger charge is -2.10. The molecule has 2 atom stereocenters. The van der Waals surface area contributed by atoms with Crippen LogP contribution in [-0.2, 0) is 6.54 Å². The Labute approximate surface area is 139 Å². The van der Waals surface area contributed by atoms with Crippen LogP contribution in [0.15, 0.2) is 28.9 Å². The number of carbonyl (C=O) groups is 1. The summed E-state index contributed by atoms with van der Waals surface area (Å²) in [7, 11) is 3.10. The van der Waals surface area contributed by atoms with E-state index in [4.69, 9.17) is 19.6 Å². The molecule has 0 spiro atoms. The number of nitrogens with zero attached hydrogens (tertiary/aromatic N) is 1. The molecule has 2 aromatic rings. The zero-order chi connectivity index (χ0) is 17.7. The maximum atomic E-state index is 12.1. The lowest BCUT2D eigenvalue weighted by Crippen LogP contribution is -2.25. The molecular weight excluding hydrogens is 314 g/mol. The van der Waals surface area contributed by atoms with Crippen LogP contribution in [-0.4, -0.2) is 36.3 Å². The number of nitrogens with two attached hydrogens (primary N) is 1.